The zero-order valence-corrected chi connectivity index (χ0v) is 19.8. The number of aliphatic imine (C=N–C) groups is 1. The second-order valence-corrected chi connectivity index (χ2v) is 8.29. The number of nitrogens with one attached hydrogen (secondary N) is 4. The van der Waals surface area contributed by atoms with Crippen LogP contribution in [0.5, 0.6) is 0 Å². The van der Waals surface area contributed by atoms with Crippen molar-refractivity contribution in [1.29, 1.82) is 0 Å². The summed E-state index contributed by atoms with van der Waals surface area (Å²) in [6.45, 7) is 0.740. The molecular formula is C20H35N9O7. The van der Waals surface area contributed by atoms with E-state index in [1.807, 2.05) is 0 Å². The highest BCUT2D eigenvalue weighted by atomic mass is 16.4. The summed E-state index contributed by atoms with van der Waals surface area (Å²) in [5, 5.41) is 19.5. The zero-order chi connectivity index (χ0) is 27.3. The molecule has 1 aliphatic rings. The summed E-state index contributed by atoms with van der Waals surface area (Å²) < 4.78 is 0. The van der Waals surface area contributed by atoms with E-state index >= 15 is 0 Å². The number of primary amides is 2. The average molecular weight is 514 g/mol. The molecule has 0 spiro atoms. The molecule has 16 nitrogen and oxygen atoms in total. The number of carbonyl (C=O) groups is 6. The van der Waals surface area contributed by atoms with Gasteiger partial charge in [-0.25, -0.2) is 4.79 Å². The molecule has 1 saturated heterocycles. The standard InChI is InChI=1S/C20H35N9O7/c21-14(30)6-5-12(19(35)36)28-17(33)11(4-2-8-26-20(23)24)27-18(34)13(9-15(22)31)29-16(32)10-3-1-7-25-10/h10-13,25H,1-9H2,(H2,21,30)(H2,22,31)(H,27,34)(H,28,33)(H,29,32)(H,35,36)(H4,23,24,26). The van der Waals surface area contributed by atoms with Gasteiger partial charge in [-0.15, -0.1) is 0 Å². The Hall–Kier alpha value is -3.95. The maximum absolute atomic E-state index is 12.9. The second-order valence-electron chi connectivity index (χ2n) is 8.29. The topological polar surface area (TPSA) is 287 Å². The number of nitrogens with zero attached hydrogens (tertiary/aromatic N) is 1. The summed E-state index contributed by atoms with van der Waals surface area (Å²) in [6, 6.07) is -4.63. The van der Waals surface area contributed by atoms with E-state index in [-0.39, 0.29) is 38.2 Å². The van der Waals surface area contributed by atoms with Crippen molar-refractivity contribution in [3.8, 4) is 0 Å². The van der Waals surface area contributed by atoms with Gasteiger partial charge in [0, 0.05) is 13.0 Å². The van der Waals surface area contributed by atoms with Crippen molar-refractivity contribution in [3.05, 3.63) is 0 Å². The van der Waals surface area contributed by atoms with Crippen molar-refractivity contribution in [2.75, 3.05) is 13.1 Å². The molecular weight excluding hydrogens is 478 g/mol. The quantitative estimate of drug-likeness (QED) is 0.0541. The predicted octanol–water partition coefficient (Wildman–Crippen LogP) is -4.53. The highest BCUT2D eigenvalue weighted by Gasteiger charge is 2.32. The molecule has 0 aromatic carbocycles. The number of carboxylic acid groups (broad SMARTS) is 1. The predicted molar refractivity (Wildman–Crippen MR) is 127 cm³/mol. The molecule has 5 amide bonds. The molecule has 1 aliphatic heterocycles. The van der Waals surface area contributed by atoms with E-state index in [9.17, 15) is 33.9 Å². The monoisotopic (exact) mass is 513 g/mol. The van der Waals surface area contributed by atoms with Gasteiger partial charge in [0.15, 0.2) is 5.96 Å². The minimum Gasteiger partial charge on any atom is -0.480 e. The number of rotatable bonds is 16. The molecule has 0 radical (unpaired) electrons. The SMILES string of the molecule is NC(=O)CCC(NC(=O)C(CCCN=C(N)N)NC(=O)C(CC(N)=O)NC(=O)C1CCCN1)C(=O)O. The van der Waals surface area contributed by atoms with Gasteiger partial charge in [0.05, 0.1) is 12.5 Å². The number of hydrogen-bond donors (Lipinski definition) is 9. The van der Waals surface area contributed by atoms with E-state index in [0.717, 1.165) is 6.42 Å². The molecule has 1 heterocycles. The van der Waals surface area contributed by atoms with Crippen molar-refractivity contribution in [1.82, 2.24) is 21.3 Å². The van der Waals surface area contributed by atoms with E-state index in [1.54, 1.807) is 0 Å². The third kappa shape index (κ3) is 11.5. The molecule has 0 aromatic heterocycles. The number of hydrogen-bond acceptors (Lipinski definition) is 8. The lowest BCUT2D eigenvalue weighted by Gasteiger charge is -2.24. The first-order valence-electron chi connectivity index (χ1n) is 11.4. The summed E-state index contributed by atoms with van der Waals surface area (Å²) in [6.07, 6.45) is 0.438. The number of carbonyl (C=O) groups excluding carboxylic acids is 5. The molecule has 13 N–H and O–H groups in total. The molecule has 0 aromatic rings. The van der Waals surface area contributed by atoms with E-state index in [0.29, 0.717) is 13.0 Å². The average Bonchev–Trinajstić information content (AvgIpc) is 3.32. The summed E-state index contributed by atoms with van der Waals surface area (Å²) in [7, 11) is 0. The van der Waals surface area contributed by atoms with E-state index in [4.69, 9.17) is 22.9 Å². The molecule has 16 heteroatoms. The van der Waals surface area contributed by atoms with Crippen molar-refractivity contribution in [3.63, 3.8) is 0 Å². The molecule has 4 atom stereocenters. The lowest BCUT2D eigenvalue weighted by atomic mass is 10.1. The van der Waals surface area contributed by atoms with Crippen molar-refractivity contribution in [2.45, 2.75) is 69.1 Å². The van der Waals surface area contributed by atoms with Crippen LogP contribution in [0.2, 0.25) is 0 Å². The molecule has 1 rings (SSSR count). The van der Waals surface area contributed by atoms with Crippen LogP contribution in [0.15, 0.2) is 4.99 Å². The molecule has 4 unspecified atom stereocenters. The second kappa shape index (κ2) is 15.1. The molecule has 202 valence electrons. The van der Waals surface area contributed by atoms with Crippen molar-refractivity contribution in [2.24, 2.45) is 27.9 Å². The summed E-state index contributed by atoms with van der Waals surface area (Å²) in [5.74, 6) is -5.43. The highest BCUT2D eigenvalue weighted by Crippen LogP contribution is 2.07. The Morgan fingerprint density at radius 1 is 0.889 bits per heavy atom. The van der Waals surface area contributed by atoms with E-state index in [2.05, 4.69) is 26.3 Å². The van der Waals surface area contributed by atoms with Crippen molar-refractivity contribution >= 4 is 41.5 Å². The largest absolute Gasteiger partial charge is 0.480 e. The first-order valence-corrected chi connectivity index (χ1v) is 11.4. The number of aliphatic carboxylic acids is 1. The van der Waals surface area contributed by atoms with Gasteiger partial charge in [-0.3, -0.25) is 29.0 Å². The zero-order valence-electron chi connectivity index (χ0n) is 19.8. The van der Waals surface area contributed by atoms with Gasteiger partial charge in [0.2, 0.25) is 29.5 Å². The van der Waals surface area contributed by atoms with Gasteiger partial charge in [0.1, 0.15) is 18.1 Å². The van der Waals surface area contributed by atoms with Crippen LogP contribution in [-0.2, 0) is 28.8 Å². The van der Waals surface area contributed by atoms with E-state index in [1.165, 1.54) is 0 Å². The summed E-state index contributed by atoms with van der Waals surface area (Å²) in [5.41, 5.74) is 20.8. The minimum atomic E-state index is -1.45. The highest BCUT2D eigenvalue weighted by molar-refractivity contribution is 5.96. The first-order chi connectivity index (χ1) is 16.9. The fourth-order valence-corrected chi connectivity index (χ4v) is 3.45. The maximum atomic E-state index is 12.9. The third-order valence-electron chi connectivity index (χ3n) is 5.29. The number of nitrogens with two attached hydrogens (primary N) is 4. The van der Waals surface area contributed by atoms with Crippen LogP contribution in [0.4, 0.5) is 0 Å². The lowest BCUT2D eigenvalue weighted by Crippen LogP contribution is -2.57. The number of guanidine groups is 1. The molecule has 1 fully saturated rings. The Bertz CT molecular complexity index is 854. The fourth-order valence-electron chi connectivity index (χ4n) is 3.45. The number of carboxylic acids is 1. The molecule has 0 aliphatic carbocycles. The van der Waals surface area contributed by atoms with Gasteiger partial charge < -0.3 is 49.3 Å². The van der Waals surface area contributed by atoms with Crippen LogP contribution in [0.25, 0.3) is 0 Å². The first kappa shape index (κ1) is 30.1. The van der Waals surface area contributed by atoms with Gasteiger partial charge in [-0.2, -0.15) is 0 Å². The Morgan fingerprint density at radius 2 is 1.53 bits per heavy atom. The fraction of sp³-hybridized carbons (Fsp3) is 0.650. The minimum absolute atomic E-state index is 0.0159. The van der Waals surface area contributed by atoms with Crippen LogP contribution in [0.1, 0.15) is 44.9 Å². The van der Waals surface area contributed by atoms with Crippen LogP contribution in [-0.4, -0.2) is 83.8 Å². The van der Waals surface area contributed by atoms with E-state index < -0.39 is 66.1 Å². The van der Waals surface area contributed by atoms with Crippen LogP contribution in [0, 0.1) is 0 Å². The Balaban J connectivity index is 2.98. The van der Waals surface area contributed by atoms with Gasteiger partial charge in [-0.1, -0.05) is 0 Å². The smallest absolute Gasteiger partial charge is 0.326 e. The van der Waals surface area contributed by atoms with Crippen LogP contribution >= 0.6 is 0 Å². The Labute approximate surface area is 207 Å². The lowest BCUT2D eigenvalue weighted by molar-refractivity contribution is -0.142. The van der Waals surface area contributed by atoms with Crippen LogP contribution < -0.4 is 44.2 Å². The summed E-state index contributed by atoms with van der Waals surface area (Å²) in [4.78, 5) is 76.1. The van der Waals surface area contributed by atoms with Crippen molar-refractivity contribution < 1.29 is 33.9 Å². The normalized spacial score (nSPS) is 17.2. The Kier molecular flexibility index (Phi) is 12.6. The van der Waals surface area contributed by atoms with Gasteiger partial charge in [-0.05, 0) is 38.6 Å². The van der Waals surface area contributed by atoms with Gasteiger partial charge in [0.25, 0.3) is 0 Å². The number of amides is 5. The maximum Gasteiger partial charge on any atom is 0.326 e. The molecule has 0 saturated carbocycles. The molecule has 36 heavy (non-hydrogen) atoms. The van der Waals surface area contributed by atoms with Gasteiger partial charge >= 0.3 is 5.97 Å². The molecule has 0 bridgehead atoms. The summed E-state index contributed by atoms with van der Waals surface area (Å²) >= 11 is 0. The third-order valence-corrected chi connectivity index (χ3v) is 5.29. The Morgan fingerprint density at radius 3 is 2.06 bits per heavy atom. The van der Waals surface area contributed by atoms with Crippen LogP contribution in [0.3, 0.4) is 0 Å².